The summed E-state index contributed by atoms with van der Waals surface area (Å²) in [6.07, 6.45) is 5.21. The maximum atomic E-state index is 5.28. The second kappa shape index (κ2) is 2.76. The van der Waals surface area contributed by atoms with Crippen molar-refractivity contribution in [3.8, 4) is 0 Å². The second-order valence-corrected chi connectivity index (χ2v) is 2.39. The minimum atomic E-state index is 0.403. The zero-order chi connectivity index (χ0) is 6.69. The van der Waals surface area contributed by atoms with Gasteiger partial charge in [-0.3, -0.25) is 0 Å². The summed E-state index contributed by atoms with van der Waals surface area (Å²) in [6.45, 7) is 3.16. The lowest BCUT2D eigenvalue weighted by atomic mass is 10.2. The van der Waals surface area contributed by atoms with E-state index < -0.39 is 0 Å². The van der Waals surface area contributed by atoms with Crippen LogP contribution in [0.3, 0.4) is 0 Å². The van der Waals surface area contributed by atoms with Crippen molar-refractivity contribution in [3.63, 3.8) is 0 Å². The van der Waals surface area contributed by atoms with E-state index in [1.165, 1.54) is 0 Å². The molecule has 0 bridgehead atoms. The van der Waals surface area contributed by atoms with Crippen LogP contribution < -0.4 is 0 Å². The van der Waals surface area contributed by atoms with E-state index in [0.717, 1.165) is 13.0 Å². The molecule has 0 saturated heterocycles. The molecule has 0 spiro atoms. The monoisotopic (exact) mass is 127 g/mol. The van der Waals surface area contributed by atoms with Gasteiger partial charge in [0.25, 0.3) is 0 Å². The van der Waals surface area contributed by atoms with Crippen molar-refractivity contribution >= 4 is 0 Å². The number of hydrogen-bond donors (Lipinski definition) is 0. The highest BCUT2D eigenvalue weighted by atomic mass is 16.5. The van der Waals surface area contributed by atoms with Gasteiger partial charge in [0.2, 0.25) is 0 Å². The van der Waals surface area contributed by atoms with Crippen LogP contribution >= 0.6 is 0 Å². The normalized spacial score (nSPS) is 26.0. The van der Waals surface area contributed by atoms with Crippen LogP contribution in [0.4, 0.5) is 0 Å². The Morgan fingerprint density at radius 3 is 3.00 bits per heavy atom. The molecule has 1 aliphatic heterocycles. The average molecular weight is 127 g/mol. The first-order chi connectivity index (χ1) is 4.33. The summed E-state index contributed by atoms with van der Waals surface area (Å²) in [7, 11) is 2.06. The standard InChI is InChI=1S/C7H13NO/c1-3-7-6-8(2)4-5-9-7/h4-5,7H,3,6H2,1-2H3. The van der Waals surface area contributed by atoms with E-state index >= 15 is 0 Å². The van der Waals surface area contributed by atoms with E-state index in [0.29, 0.717) is 6.10 Å². The minimum Gasteiger partial charge on any atom is -0.495 e. The number of nitrogens with zero attached hydrogens (tertiary/aromatic N) is 1. The third kappa shape index (κ3) is 1.63. The number of ether oxygens (including phenoxy) is 1. The van der Waals surface area contributed by atoms with Crippen LogP contribution in [0.25, 0.3) is 0 Å². The van der Waals surface area contributed by atoms with Crippen molar-refractivity contribution in [2.75, 3.05) is 13.6 Å². The van der Waals surface area contributed by atoms with Gasteiger partial charge in [-0.05, 0) is 6.42 Å². The summed E-state index contributed by atoms with van der Waals surface area (Å²) >= 11 is 0. The molecule has 0 saturated carbocycles. The molecular weight excluding hydrogens is 114 g/mol. The van der Waals surface area contributed by atoms with E-state index in [-0.39, 0.29) is 0 Å². The third-order valence-corrected chi connectivity index (χ3v) is 1.53. The Labute approximate surface area is 56.1 Å². The van der Waals surface area contributed by atoms with Gasteiger partial charge < -0.3 is 9.64 Å². The Hall–Kier alpha value is -0.660. The van der Waals surface area contributed by atoms with Gasteiger partial charge in [0, 0.05) is 13.2 Å². The largest absolute Gasteiger partial charge is 0.495 e. The molecule has 0 aromatic carbocycles. The molecule has 9 heavy (non-hydrogen) atoms. The summed E-state index contributed by atoms with van der Waals surface area (Å²) in [4.78, 5) is 2.14. The Morgan fingerprint density at radius 2 is 2.56 bits per heavy atom. The Morgan fingerprint density at radius 1 is 1.78 bits per heavy atom. The summed E-state index contributed by atoms with van der Waals surface area (Å²) in [5.41, 5.74) is 0. The molecule has 0 aliphatic carbocycles. The first-order valence-electron chi connectivity index (χ1n) is 3.35. The van der Waals surface area contributed by atoms with Gasteiger partial charge in [0.05, 0.1) is 12.8 Å². The number of hydrogen-bond acceptors (Lipinski definition) is 2. The van der Waals surface area contributed by atoms with Crippen molar-refractivity contribution in [1.29, 1.82) is 0 Å². The zero-order valence-corrected chi connectivity index (χ0v) is 6.00. The van der Waals surface area contributed by atoms with Gasteiger partial charge in [0.15, 0.2) is 0 Å². The molecule has 0 N–H and O–H groups in total. The SMILES string of the molecule is CCC1CN(C)C=CO1. The summed E-state index contributed by atoms with van der Waals surface area (Å²) in [5, 5.41) is 0. The summed E-state index contributed by atoms with van der Waals surface area (Å²) in [5.74, 6) is 0. The van der Waals surface area contributed by atoms with Gasteiger partial charge in [-0.25, -0.2) is 0 Å². The highest BCUT2D eigenvalue weighted by molar-refractivity contribution is 4.81. The molecule has 1 unspecified atom stereocenters. The van der Waals surface area contributed by atoms with Gasteiger partial charge in [0.1, 0.15) is 6.10 Å². The van der Waals surface area contributed by atoms with Crippen LogP contribution in [0.5, 0.6) is 0 Å². The molecule has 1 aliphatic rings. The van der Waals surface area contributed by atoms with Crippen molar-refractivity contribution in [1.82, 2.24) is 4.90 Å². The lowest BCUT2D eigenvalue weighted by molar-refractivity contribution is 0.0906. The maximum absolute atomic E-state index is 5.28. The predicted octanol–water partition coefficient (Wildman–Crippen LogP) is 1.20. The van der Waals surface area contributed by atoms with Crippen LogP contribution in [-0.2, 0) is 4.74 Å². The highest BCUT2D eigenvalue weighted by Gasteiger charge is 2.09. The molecule has 0 aromatic heterocycles. The highest BCUT2D eigenvalue weighted by Crippen LogP contribution is 2.06. The van der Waals surface area contributed by atoms with Crippen LogP contribution in [-0.4, -0.2) is 24.6 Å². The lowest BCUT2D eigenvalue weighted by Crippen LogP contribution is -2.29. The third-order valence-electron chi connectivity index (χ3n) is 1.53. The molecule has 0 aromatic rings. The second-order valence-electron chi connectivity index (χ2n) is 2.39. The smallest absolute Gasteiger partial charge is 0.115 e. The molecule has 52 valence electrons. The fourth-order valence-corrected chi connectivity index (χ4v) is 0.901. The number of likely N-dealkylation sites (N-methyl/N-ethyl adjacent to an activating group) is 1. The first-order valence-corrected chi connectivity index (χ1v) is 3.35. The van der Waals surface area contributed by atoms with Gasteiger partial charge in [-0.15, -0.1) is 0 Å². The van der Waals surface area contributed by atoms with E-state index in [9.17, 15) is 0 Å². The Kier molecular flexibility index (Phi) is 1.98. The summed E-state index contributed by atoms with van der Waals surface area (Å²) < 4.78 is 5.28. The summed E-state index contributed by atoms with van der Waals surface area (Å²) in [6, 6.07) is 0. The molecule has 0 fully saturated rings. The molecule has 1 rings (SSSR count). The molecule has 2 heteroatoms. The van der Waals surface area contributed by atoms with Crippen LogP contribution in [0.2, 0.25) is 0 Å². The van der Waals surface area contributed by atoms with E-state index in [4.69, 9.17) is 4.74 Å². The molecule has 0 radical (unpaired) electrons. The van der Waals surface area contributed by atoms with Crippen molar-refractivity contribution in [3.05, 3.63) is 12.5 Å². The van der Waals surface area contributed by atoms with Crippen LogP contribution in [0.1, 0.15) is 13.3 Å². The van der Waals surface area contributed by atoms with Crippen LogP contribution in [0, 0.1) is 0 Å². The zero-order valence-electron chi connectivity index (χ0n) is 6.00. The fourth-order valence-electron chi connectivity index (χ4n) is 0.901. The van der Waals surface area contributed by atoms with Gasteiger partial charge in [-0.2, -0.15) is 0 Å². The lowest BCUT2D eigenvalue weighted by Gasteiger charge is -2.25. The van der Waals surface area contributed by atoms with Gasteiger partial charge >= 0.3 is 0 Å². The van der Waals surface area contributed by atoms with Crippen LogP contribution in [0.15, 0.2) is 12.5 Å². The molecule has 1 heterocycles. The van der Waals surface area contributed by atoms with E-state index in [1.54, 1.807) is 6.26 Å². The maximum Gasteiger partial charge on any atom is 0.115 e. The number of rotatable bonds is 1. The van der Waals surface area contributed by atoms with Crippen molar-refractivity contribution < 1.29 is 4.74 Å². The molecular formula is C7H13NO. The first kappa shape index (κ1) is 6.46. The van der Waals surface area contributed by atoms with Crippen molar-refractivity contribution in [2.45, 2.75) is 19.4 Å². The average Bonchev–Trinajstić information content (AvgIpc) is 1.88. The van der Waals surface area contributed by atoms with Gasteiger partial charge in [-0.1, -0.05) is 6.92 Å². The topological polar surface area (TPSA) is 12.5 Å². The minimum absolute atomic E-state index is 0.403. The molecule has 1 atom stereocenters. The Balaban J connectivity index is 2.38. The fraction of sp³-hybridized carbons (Fsp3) is 0.714. The Bertz CT molecular complexity index is 111. The van der Waals surface area contributed by atoms with Crippen molar-refractivity contribution in [2.24, 2.45) is 0 Å². The quantitative estimate of drug-likeness (QED) is 0.524. The predicted molar refractivity (Wildman–Crippen MR) is 36.9 cm³/mol. The van der Waals surface area contributed by atoms with E-state index in [2.05, 4.69) is 18.9 Å². The molecule has 0 amide bonds. The van der Waals surface area contributed by atoms with E-state index in [1.807, 2.05) is 6.20 Å². The molecule has 2 nitrogen and oxygen atoms in total.